The molecule has 7 heteroatoms. The zero-order valence-electron chi connectivity index (χ0n) is 20.6. The van der Waals surface area contributed by atoms with E-state index in [1.54, 1.807) is 18.2 Å². The lowest BCUT2D eigenvalue weighted by atomic mass is 10.0. The van der Waals surface area contributed by atoms with Gasteiger partial charge in [-0.25, -0.2) is 4.39 Å². The van der Waals surface area contributed by atoms with Crippen LogP contribution in [0.5, 0.6) is 0 Å². The van der Waals surface area contributed by atoms with Crippen molar-refractivity contribution >= 4 is 35.2 Å². The summed E-state index contributed by atoms with van der Waals surface area (Å²) in [5.41, 5.74) is 2.24. The van der Waals surface area contributed by atoms with Crippen LogP contribution in [-0.2, 0) is 28.3 Å². The molecule has 2 amide bonds. The molecule has 190 valence electrons. The fourth-order valence-electron chi connectivity index (χ4n) is 3.73. The second-order valence-corrected chi connectivity index (χ2v) is 10.4. The van der Waals surface area contributed by atoms with E-state index in [1.165, 1.54) is 22.7 Å². The molecule has 4 nitrogen and oxygen atoms in total. The van der Waals surface area contributed by atoms with Crippen LogP contribution >= 0.6 is 23.4 Å². The maximum absolute atomic E-state index is 14.6. The number of carbonyl (C=O) groups is 2. The number of amides is 2. The average molecular weight is 527 g/mol. The van der Waals surface area contributed by atoms with Crippen LogP contribution in [0.15, 0.2) is 78.9 Å². The molecule has 1 N–H and O–H groups in total. The van der Waals surface area contributed by atoms with Crippen molar-refractivity contribution in [3.05, 3.63) is 106 Å². The number of hydrogen-bond donors (Lipinski definition) is 1. The first kappa shape index (κ1) is 27.8. The minimum atomic E-state index is -0.779. The molecule has 3 aromatic rings. The van der Waals surface area contributed by atoms with Crippen molar-refractivity contribution in [1.29, 1.82) is 0 Å². The molecule has 0 aliphatic rings. The van der Waals surface area contributed by atoms with Crippen molar-refractivity contribution in [2.45, 2.75) is 38.6 Å². The molecule has 3 aromatic carbocycles. The number of nitrogens with zero attached hydrogens (tertiary/aromatic N) is 1. The summed E-state index contributed by atoms with van der Waals surface area (Å²) < 4.78 is 14.6. The van der Waals surface area contributed by atoms with E-state index in [0.29, 0.717) is 29.3 Å². The van der Waals surface area contributed by atoms with Gasteiger partial charge in [-0.05, 0) is 29.2 Å². The van der Waals surface area contributed by atoms with Gasteiger partial charge in [-0.3, -0.25) is 9.59 Å². The van der Waals surface area contributed by atoms with E-state index in [0.717, 1.165) is 11.1 Å². The summed E-state index contributed by atoms with van der Waals surface area (Å²) in [4.78, 5) is 28.5. The molecule has 3 rings (SSSR count). The molecule has 0 saturated carbocycles. The van der Waals surface area contributed by atoms with Crippen LogP contribution in [0.1, 0.15) is 30.5 Å². The minimum Gasteiger partial charge on any atom is -0.354 e. The molecule has 36 heavy (non-hydrogen) atoms. The van der Waals surface area contributed by atoms with Crippen molar-refractivity contribution in [2.75, 3.05) is 12.3 Å². The molecule has 0 radical (unpaired) electrons. The van der Waals surface area contributed by atoms with Crippen molar-refractivity contribution in [1.82, 2.24) is 10.2 Å². The highest BCUT2D eigenvalue weighted by atomic mass is 35.5. The molecular weight excluding hydrogens is 495 g/mol. The number of halogens is 2. The van der Waals surface area contributed by atoms with Gasteiger partial charge in [-0.15, -0.1) is 11.8 Å². The van der Waals surface area contributed by atoms with Crippen LogP contribution < -0.4 is 5.32 Å². The van der Waals surface area contributed by atoms with Gasteiger partial charge in [0, 0.05) is 35.8 Å². The normalized spacial score (nSPS) is 11.8. The molecule has 0 aliphatic carbocycles. The van der Waals surface area contributed by atoms with E-state index >= 15 is 0 Å². The van der Waals surface area contributed by atoms with E-state index in [-0.39, 0.29) is 30.0 Å². The molecular formula is C29H32ClFN2O2S. The predicted molar refractivity (Wildman–Crippen MR) is 146 cm³/mol. The zero-order chi connectivity index (χ0) is 25.9. The van der Waals surface area contributed by atoms with Gasteiger partial charge in [0.2, 0.25) is 11.8 Å². The number of nitrogens with one attached hydrogen (secondary N) is 1. The fourth-order valence-corrected chi connectivity index (χ4v) is 4.93. The first-order valence-corrected chi connectivity index (χ1v) is 13.5. The van der Waals surface area contributed by atoms with Crippen LogP contribution in [0.25, 0.3) is 0 Å². The molecule has 0 bridgehead atoms. The van der Waals surface area contributed by atoms with E-state index in [1.807, 2.05) is 68.4 Å². The van der Waals surface area contributed by atoms with E-state index < -0.39 is 11.9 Å². The van der Waals surface area contributed by atoms with E-state index in [4.69, 9.17) is 11.6 Å². The SMILES string of the molecule is CC(C)CNC(=O)C(Cc1ccccc1)N(Cc1ccccc1F)C(=O)CSCc1ccccc1Cl. The Hall–Kier alpha value is -2.83. The second-order valence-electron chi connectivity index (χ2n) is 9.04. The molecule has 0 aromatic heterocycles. The second kappa shape index (κ2) is 14.0. The fraction of sp³-hybridized carbons (Fsp3) is 0.310. The summed E-state index contributed by atoms with van der Waals surface area (Å²) in [6.45, 7) is 4.53. The number of rotatable bonds is 12. The summed E-state index contributed by atoms with van der Waals surface area (Å²) in [5.74, 6) is 0.0853. The van der Waals surface area contributed by atoms with Crippen molar-refractivity contribution < 1.29 is 14.0 Å². The summed E-state index contributed by atoms with van der Waals surface area (Å²) in [6.07, 6.45) is 0.333. The number of thioether (sulfide) groups is 1. The average Bonchev–Trinajstić information content (AvgIpc) is 2.87. The number of carbonyl (C=O) groups excluding carboxylic acids is 2. The molecule has 0 heterocycles. The van der Waals surface area contributed by atoms with Crippen LogP contribution in [0.4, 0.5) is 4.39 Å². The zero-order valence-corrected chi connectivity index (χ0v) is 22.2. The topological polar surface area (TPSA) is 49.4 Å². The monoisotopic (exact) mass is 526 g/mol. The smallest absolute Gasteiger partial charge is 0.243 e. The largest absolute Gasteiger partial charge is 0.354 e. The molecule has 1 unspecified atom stereocenters. The van der Waals surface area contributed by atoms with Crippen molar-refractivity contribution in [3.63, 3.8) is 0 Å². The Morgan fingerprint density at radius 3 is 2.25 bits per heavy atom. The maximum Gasteiger partial charge on any atom is 0.243 e. The highest BCUT2D eigenvalue weighted by molar-refractivity contribution is 7.99. The van der Waals surface area contributed by atoms with E-state index in [2.05, 4.69) is 5.32 Å². The van der Waals surface area contributed by atoms with Crippen LogP contribution in [0.3, 0.4) is 0 Å². The van der Waals surface area contributed by atoms with Crippen LogP contribution in [0, 0.1) is 11.7 Å². The van der Waals surface area contributed by atoms with Crippen molar-refractivity contribution in [3.8, 4) is 0 Å². The molecule has 0 saturated heterocycles. The Morgan fingerprint density at radius 2 is 1.58 bits per heavy atom. The molecule has 0 spiro atoms. The third-order valence-electron chi connectivity index (χ3n) is 5.70. The third-order valence-corrected chi connectivity index (χ3v) is 7.03. The third kappa shape index (κ3) is 8.38. The highest BCUT2D eigenvalue weighted by Crippen LogP contribution is 2.23. The Bertz CT molecular complexity index is 1140. The van der Waals surface area contributed by atoms with Gasteiger partial charge in [0.15, 0.2) is 0 Å². The van der Waals surface area contributed by atoms with E-state index in [9.17, 15) is 14.0 Å². The standard InChI is InChI=1S/C29H32ClFN2O2S/c1-21(2)17-32-29(35)27(16-22-10-4-3-5-11-22)33(18-23-12-7-9-15-26(23)31)28(34)20-36-19-24-13-6-8-14-25(24)30/h3-15,21,27H,16-20H2,1-2H3,(H,32,35). The Labute approximate surface area is 222 Å². The molecule has 0 aliphatic heterocycles. The molecule has 0 fully saturated rings. The summed E-state index contributed by atoms with van der Waals surface area (Å²) in [5, 5.41) is 3.63. The van der Waals surface area contributed by atoms with Gasteiger partial charge in [-0.1, -0.05) is 92.2 Å². The Balaban J connectivity index is 1.86. The van der Waals surface area contributed by atoms with Gasteiger partial charge in [0.1, 0.15) is 11.9 Å². The Morgan fingerprint density at radius 1 is 0.944 bits per heavy atom. The van der Waals surface area contributed by atoms with Crippen molar-refractivity contribution in [2.24, 2.45) is 5.92 Å². The first-order chi connectivity index (χ1) is 17.3. The lowest BCUT2D eigenvalue weighted by molar-refractivity contribution is -0.139. The predicted octanol–water partition coefficient (Wildman–Crippen LogP) is 6.12. The lowest BCUT2D eigenvalue weighted by Gasteiger charge is -2.32. The van der Waals surface area contributed by atoms with Gasteiger partial charge in [-0.2, -0.15) is 0 Å². The van der Waals surface area contributed by atoms with Gasteiger partial charge in [0.05, 0.1) is 5.75 Å². The van der Waals surface area contributed by atoms with Gasteiger partial charge in [0.25, 0.3) is 0 Å². The minimum absolute atomic E-state index is 0.00472. The Kier molecular flexibility index (Phi) is 10.8. The molecule has 1 atom stereocenters. The first-order valence-electron chi connectivity index (χ1n) is 12.0. The highest BCUT2D eigenvalue weighted by Gasteiger charge is 2.30. The summed E-state index contributed by atoms with van der Waals surface area (Å²) in [6, 6.07) is 22.7. The van der Waals surface area contributed by atoms with Crippen LogP contribution in [0.2, 0.25) is 5.02 Å². The quantitative estimate of drug-likeness (QED) is 0.309. The number of hydrogen-bond acceptors (Lipinski definition) is 3. The maximum atomic E-state index is 14.6. The summed E-state index contributed by atoms with van der Waals surface area (Å²) in [7, 11) is 0. The lowest BCUT2D eigenvalue weighted by Crippen LogP contribution is -2.51. The van der Waals surface area contributed by atoms with Gasteiger partial charge >= 0.3 is 0 Å². The van der Waals surface area contributed by atoms with Gasteiger partial charge < -0.3 is 10.2 Å². The summed E-state index contributed by atoms with van der Waals surface area (Å²) >= 11 is 7.69. The van der Waals surface area contributed by atoms with Crippen LogP contribution in [-0.4, -0.2) is 35.1 Å². The number of benzene rings is 3.